The van der Waals surface area contributed by atoms with E-state index in [0.29, 0.717) is 36.3 Å². The summed E-state index contributed by atoms with van der Waals surface area (Å²) in [5.41, 5.74) is 2.91. The number of aliphatic imine (C=N–C) groups is 1. The molecule has 10 nitrogen and oxygen atoms in total. The Balaban J connectivity index is 1.24. The summed E-state index contributed by atoms with van der Waals surface area (Å²) >= 11 is 0. The smallest absolute Gasteiger partial charge is 0.269 e. The number of halogens is 1. The van der Waals surface area contributed by atoms with Crippen molar-refractivity contribution in [3.05, 3.63) is 95.6 Å². The van der Waals surface area contributed by atoms with Crippen molar-refractivity contribution in [3.8, 4) is 11.3 Å². The highest BCUT2D eigenvalue weighted by atomic mass is 19.1. The highest BCUT2D eigenvalue weighted by Gasteiger charge is 2.31. The Morgan fingerprint density at radius 3 is 2.51 bits per heavy atom. The first-order valence-electron chi connectivity index (χ1n) is 13.5. The second-order valence-corrected chi connectivity index (χ2v) is 10.2. The molecule has 0 spiro atoms. The van der Waals surface area contributed by atoms with Gasteiger partial charge in [0.15, 0.2) is 6.23 Å². The van der Waals surface area contributed by atoms with Gasteiger partial charge in [0.2, 0.25) is 12.1 Å². The number of nitrogens with zero attached hydrogens (tertiary/aromatic N) is 4. The minimum atomic E-state index is -1.26. The number of ether oxygens (including phenoxy) is 1. The summed E-state index contributed by atoms with van der Waals surface area (Å²) in [6.07, 6.45) is 2.65. The SMILES string of the molecule is O=C(N[C@H]1N=C(c2ccccc2)c2ccccc2NC1=O)c1cn(C2CCO2)nc1-c1ccc(NC2CC2)nc1F. The number of amides is 2. The van der Waals surface area contributed by atoms with Crippen molar-refractivity contribution in [2.45, 2.75) is 37.7 Å². The number of para-hydroxylation sites is 1. The summed E-state index contributed by atoms with van der Waals surface area (Å²) < 4.78 is 22.3. The lowest BCUT2D eigenvalue weighted by atomic mass is 10.0. The number of benzene rings is 2. The molecule has 1 saturated carbocycles. The summed E-state index contributed by atoms with van der Waals surface area (Å²) in [6.45, 7) is 0.568. The zero-order valence-corrected chi connectivity index (χ0v) is 21.9. The lowest BCUT2D eigenvalue weighted by Crippen LogP contribution is -2.42. The average Bonchev–Trinajstić information content (AvgIpc) is 3.69. The van der Waals surface area contributed by atoms with Crippen LogP contribution in [0.4, 0.5) is 15.9 Å². The lowest BCUT2D eigenvalue weighted by molar-refractivity contribution is -0.117. The fourth-order valence-electron chi connectivity index (χ4n) is 4.85. The number of anilines is 2. The van der Waals surface area contributed by atoms with E-state index in [1.54, 1.807) is 18.2 Å². The molecule has 2 aliphatic heterocycles. The maximum absolute atomic E-state index is 15.3. The number of pyridine rings is 1. The molecular weight excluding hydrogens is 525 g/mol. The van der Waals surface area contributed by atoms with Gasteiger partial charge in [-0.1, -0.05) is 48.5 Å². The van der Waals surface area contributed by atoms with E-state index < -0.39 is 23.9 Å². The fraction of sp³-hybridized carbons (Fsp3) is 0.233. The molecule has 2 amide bonds. The van der Waals surface area contributed by atoms with Gasteiger partial charge in [-0.3, -0.25) is 9.59 Å². The maximum Gasteiger partial charge on any atom is 0.269 e. The Morgan fingerprint density at radius 1 is 1.00 bits per heavy atom. The van der Waals surface area contributed by atoms with E-state index in [2.05, 4.69) is 26.0 Å². The molecule has 1 unspecified atom stereocenters. The van der Waals surface area contributed by atoms with Crippen molar-refractivity contribution >= 4 is 29.0 Å². The van der Waals surface area contributed by atoms with Gasteiger partial charge in [-0.15, -0.1) is 0 Å². The van der Waals surface area contributed by atoms with Gasteiger partial charge in [-0.2, -0.15) is 9.49 Å². The number of hydrogen-bond acceptors (Lipinski definition) is 7. The minimum Gasteiger partial charge on any atom is -0.367 e. The van der Waals surface area contributed by atoms with E-state index in [-0.39, 0.29) is 23.0 Å². The standard InChI is InChI=1S/C30H26FN7O3/c31-27-20(12-13-23(34-27)32-18-10-11-18)26-21(16-38(37-26)24-14-15-41-24)29(39)36-28-30(40)33-22-9-5-4-8-19(22)25(35-28)17-6-2-1-3-7-17/h1-9,12-13,16,18,24,28H,10-11,14-15H2,(H,32,34)(H,33,40)(H,36,39)/t24?,28-/m1/s1. The van der Waals surface area contributed by atoms with Crippen molar-refractivity contribution in [1.29, 1.82) is 0 Å². The van der Waals surface area contributed by atoms with E-state index in [1.165, 1.54) is 10.9 Å². The molecule has 2 fully saturated rings. The van der Waals surface area contributed by atoms with Crippen LogP contribution in [-0.4, -0.2) is 51.1 Å². The quantitative estimate of drug-likeness (QED) is 0.297. The number of nitrogens with one attached hydrogen (secondary N) is 3. The Bertz CT molecular complexity index is 1680. The van der Waals surface area contributed by atoms with Gasteiger partial charge in [0.1, 0.15) is 11.5 Å². The molecule has 0 radical (unpaired) electrons. The van der Waals surface area contributed by atoms with Crippen LogP contribution in [0.15, 0.2) is 77.9 Å². The third-order valence-electron chi connectivity index (χ3n) is 7.24. The first-order valence-corrected chi connectivity index (χ1v) is 13.5. The molecule has 3 N–H and O–H groups in total. The second kappa shape index (κ2) is 10.3. The molecule has 3 aliphatic rings. The predicted octanol–water partition coefficient (Wildman–Crippen LogP) is 4.12. The molecular formula is C30H26FN7O3. The Kier molecular flexibility index (Phi) is 6.27. The third-order valence-corrected chi connectivity index (χ3v) is 7.24. The van der Waals surface area contributed by atoms with Crippen LogP contribution in [0, 0.1) is 5.95 Å². The van der Waals surface area contributed by atoms with Crippen molar-refractivity contribution in [2.24, 2.45) is 4.99 Å². The minimum absolute atomic E-state index is 0.0702. The molecule has 11 heteroatoms. The van der Waals surface area contributed by atoms with E-state index in [9.17, 15) is 9.59 Å². The van der Waals surface area contributed by atoms with Gasteiger partial charge in [0, 0.05) is 29.8 Å². The zero-order valence-electron chi connectivity index (χ0n) is 21.9. The number of carbonyl (C=O) groups is 2. The van der Waals surface area contributed by atoms with Crippen molar-refractivity contribution < 1.29 is 18.7 Å². The Morgan fingerprint density at radius 2 is 1.78 bits per heavy atom. The summed E-state index contributed by atoms with van der Waals surface area (Å²) in [7, 11) is 0. The Labute approximate surface area is 234 Å². The van der Waals surface area contributed by atoms with E-state index >= 15 is 4.39 Å². The van der Waals surface area contributed by atoms with Gasteiger partial charge in [-0.05, 0) is 31.0 Å². The van der Waals surface area contributed by atoms with Gasteiger partial charge >= 0.3 is 0 Å². The van der Waals surface area contributed by atoms with E-state index in [0.717, 1.165) is 24.0 Å². The molecule has 2 aromatic carbocycles. The van der Waals surface area contributed by atoms with Crippen LogP contribution >= 0.6 is 0 Å². The largest absolute Gasteiger partial charge is 0.367 e. The molecule has 4 aromatic rings. The van der Waals surface area contributed by atoms with Gasteiger partial charge in [0.05, 0.1) is 29.1 Å². The molecule has 4 heterocycles. The number of fused-ring (bicyclic) bond motifs is 1. The fourth-order valence-corrected chi connectivity index (χ4v) is 4.85. The highest BCUT2D eigenvalue weighted by Crippen LogP contribution is 2.31. The van der Waals surface area contributed by atoms with Crippen molar-refractivity contribution in [3.63, 3.8) is 0 Å². The van der Waals surface area contributed by atoms with E-state index in [1.807, 2.05) is 48.5 Å². The molecule has 2 atom stereocenters. The zero-order chi connectivity index (χ0) is 27.9. The monoisotopic (exact) mass is 551 g/mol. The maximum atomic E-state index is 15.3. The summed E-state index contributed by atoms with van der Waals surface area (Å²) in [5, 5.41) is 13.3. The van der Waals surface area contributed by atoms with Crippen molar-refractivity contribution in [2.75, 3.05) is 17.2 Å². The lowest BCUT2D eigenvalue weighted by Gasteiger charge is -2.26. The Hall–Kier alpha value is -4.90. The molecule has 0 bridgehead atoms. The molecule has 1 aliphatic carbocycles. The van der Waals surface area contributed by atoms with Crippen molar-refractivity contribution in [1.82, 2.24) is 20.1 Å². The molecule has 2 aromatic heterocycles. The van der Waals surface area contributed by atoms with Crippen LogP contribution in [-0.2, 0) is 9.53 Å². The van der Waals surface area contributed by atoms with Crippen LogP contribution in [0.5, 0.6) is 0 Å². The molecule has 1 saturated heterocycles. The van der Waals surface area contributed by atoms with Crippen LogP contribution in [0.2, 0.25) is 0 Å². The van der Waals surface area contributed by atoms with E-state index in [4.69, 9.17) is 9.73 Å². The molecule has 206 valence electrons. The second-order valence-electron chi connectivity index (χ2n) is 10.2. The number of carbonyl (C=O) groups excluding carboxylic acids is 2. The molecule has 41 heavy (non-hydrogen) atoms. The summed E-state index contributed by atoms with van der Waals surface area (Å²) in [4.78, 5) is 35.8. The number of hydrogen-bond donors (Lipinski definition) is 3. The van der Waals surface area contributed by atoms with Crippen LogP contribution in [0.25, 0.3) is 11.3 Å². The summed E-state index contributed by atoms with van der Waals surface area (Å²) in [5.74, 6) is -1.46. The number of rotatable bonds is 7. The topological polar surface area (TPSA) is 123 Å². The number of benzodiazepines with no additional fused rings is 1. The third kappa shape index (κ3) is 4.95. The summed E-state index contributed by atoms with van der Waals surface area (Å²) in [6, 6.07) is 20.3. The first kappa shape index (κ1) is 25.1. The van der Waals surface area contributed by atoms with Gasteiger partial charge in [-0.25, -0.2) is 14.7 Å². The van der Waals surface area contributed by atoms with Crippen LogP contribution < -0.4 is 16.0 Å². The van der Waals surface area contributed by atoms with Crippen LogP contribution in [0.3, 0.4) is 0 Å². The van der Waals surface area contributed by atoms with Crippen LogP contribution in [0.1, 0.15) is 47.0 Å². The molecule has 7 rings (SSSR count). The normalized spacial score (nSPS) is 19.7. The number of aromatic nitrogens is 3. The predicted molar refractivity (Wildman–Crippen MR) is 150 cm³/mol. The average molecular weight is 552 g/mol. The highest BCUT2D eigenvalue weighted by molar-refractivity contribution is 6.20. The van der Waals surface area contributed by atoms with Gasteiger partial charge in [0.25, 0.3) is 11.8 Å². The first-order chi connectivity index (χ1) is 20.0. The van der Waals surface area contributed by atoms with Gasteiger partial charge < -0.3 is 20.7 Å².